The molecule has 63 heavy (non-hydrogen) atoms. The summed E-state index contributed by atoms with van der Waals surface area (Å²) < 4.78 is 2.04. The number of aromatic hydroxyl groups is 2. The van der Waals surface area contributed by atoms with Gasteiger partial charge in [0.05, 0.1) is 21.1 Å². The predicted molar refractivity (Wildman–Crippen MR) is 264 cm³/mol. The number of rotatable bonds is 12. The number of hydrogen-bond donors (Lipinski definition) is 5. The van der Waals surface area contributed by atoms with Crippen molar-refractivity contribution in [1.29, 1.82) is 0 Å². The Kier molecular flexibility index (Phi) is 13.4. The molecule has 0 fully saturated rings. The molecular weight excluding hydrogens is 825 g/mol. The fourth-order valence-corrected chi connectivity index (χ4v) is 10.0. The Balaban J connectivity index is 0.000000189. The Morgan fingerprint density at radius 3 is 1.57 bits per heavy atom. The van der Waals surface area contributed by atoms with Crippen LogP contribution in [0.5, 0.6) is 11.5 Å². The minimum atomic E-state index is -0.969. The molecule has 0 radical (unpaired) electrons. The number of hydrogen-bond acceptors (Lipinski definition) is 8. The maximum absolute atomic E-state index is 10.8. The zero-order valence-electron chi connectivity index (χ0n) is 35.5. The molecule has 0 unspecified atom stereocenters. The molecule has 0 spiro atoms. The van der Waals surface area contributed by atoms with Crippen LogP contribution in [0.25, 0.3) is 53.2 Å². The number of thiophene rings is 2. The molecule has 0 aliphatic heterocycles. The number of nitrogens with one attached hydrogen (secondary N) is 1. The summed E-state index contributed by atoms with van der Waals surface area (Å²) in [6.45, 7) is 8.78. The van der Waals surface area contributed by atoms with E-state index in [1.165, 1.54) is 22.3 Å². The Labute approximate surface area is 375 Å². The van der Waals surface area contributed by atoms with Crippen molar-refractivity contribution in [3.8, 4) is 32.4 Å². The minimum Gasteiger partial charge on any atom is -0.508 e. The van der Waals surface area contributed by atoms with Crippen LogP contribution in [0.4, 0.5) is 22.7 Å². The summed E-state index contributed by atoms with van der Waals surface area (Å²) in [4.78, 5) is 26.0. The molecule has 0 bridgehead atoms. The largest absolute Gasteiger partial charge is 0.508 e. The molecule has 0 aliphatic rings. The molecule has 318 valence electrons. The number of phenols is 2. The molecule has 0 saturated carbocycles. The molecule has 10 heteroatoms. The zero-order chi connectivity index (χ0) is 44.8. The van der Waals surface area contributed by atoms with Crippen LogP contribution in [0.3, 0.4) is 0 Å². The van der Waals surface area contributed by atoms with Gasteiger partial charge in [-0.1, -0.05) is 100 Å². The van der Waals surface area contributed by atoms with Crippen LogP contribution in [0.15, 0.2) is 146 Å². The summed E-state index contributed by atoms with van der Waals surface area (Å²) in [7, 11) is 2.04. The molecular formula is C53H48N2O6S2. The van der Waals surface area contributed by atoms with Gasteiger partial charge in [-0.3, -0.25) is 0 Å². The second-order valence-electron chi connectivity index (χ2n) is 15.7. The van der Waals surface area contributed by atoms with E-state index in [1.807, 2.05) is 73.8 Å². The van der Waals surface area contributed by atoms with Crippen LogP contribution >= 0.6 is 22.7 Å². The summed E-state index contributed by atoms with van der Waals surface area (Å²) in [5.74, 6) is -0.674. The van der Waals surface area contributed by atoms with Crippen LogP contribution in [0.2, 0.25) is 0 Å². The molecule has 2 heterocycles. The van der Waals surface area contributed by atoms with Crippen LogP contribution < -0.4 is 10.2 Å². The molecule has 6 aromatic carbocycles. The fourth-order valence-electron chi connectivity index (χ4n) is 7.50. The van der Waals surface area contributed by atoms with Crippen molar-refractivity contribution < 1.29 is 30.0 Å². The van der Waals surface area contributed by atoms with Crippen molar-refractivity contribution in [2.75, 3.05) is 17.3 Å². The molecule has 8 aromatic rings. The normalized spacial score (nSPS) is 11.5. The van der Waals surface area contributed by atoms with Gasteiger partial charge >= 0.3 is 11.9 Å². The molecule has 5 N–H and O–H groups in total. The summed E-state index contributed by atoms with van der Waals surface area (Å²) in [5, 5.41) is 43.4. The number of anilines is 4. The Hall–Kier alpha value is -7.14. The molecule has 0 aliphatic carbocycles. The van der Waals surface area contributed by atoms with Crippen molar-refractivity contribution in [3.05, 3.63) is 168 Å². The Morgan fingerprint density at radius 1 is 0.587 bits per heavy atom. The van der Waals surface area contributed by atoms with E-state index >= 15 is 0 Å². The highest BCUT2D eigenvalue weighted by molar-refractivity contribution is 7.23. The highest BCUT2D eigenvalue weighted by Gasteiger charge is 2.22. The van der Waals surface area contributed by atoms with E-state index in [0.717, 1.165) is 76.0 Å². The topological polar surface area (TPSA) is 130 Å². The van der Waals surface area contributed by atoms with E-state index in [4.69, 9.17) is 10.2 Å². The number of benzene rings is 6. The Bertz CT molecular complexity index is 2980. The smallest absolute Gasteiger partial charge is 0.328 e. The van der Waals surface area contributed by atoms with Gasteiger partial charge in [-0.25, -0.2) is 9.59 Å². The van der Waals surface area contributed by atoms with E-state index in [1.54, 1.807) is 53.0 Å². The number of fused-ring (bicyclic) bond motifs is 2. The molecule has 0 saturated heterocycles. The van der Waals surface area contributed by atoms with Gasteiger partial charge < -0.3 is 30.6 Å². The summed E-state index contributed by atoms with van der Waals surface area (Å²) in [6, 6.07) is 43.3. The lowest BCUT2D eigenvalue weighted by atomic mass is 9.95. The lowest BCUT2D eigenvalue weighted by molar-refractivity contribution is -0.132. The number of nitrogens with zero attached hydrogens (tertiary/aromatic N) is 1. The van der Waals surface area contributed by atoms with E-state index < -0.39 is 11.9 Å². The number of carboxylic acids is 2. The van der Waals surface area contributed by atoms with E-state index in [9.17, 15) is 19.8 Å². The van der Waals surface area contributed by atoms with Gasteiger partial charge in [-0.2, -0.15) is 0 Å². The zero-order valence-corrected chi connectivity index (χ0v) is 37.2. The average Bonchev–Trinajstić information content (AvgIpc) is 3.82. The highest BCUT2D eigenvalue weighted by atomic mass is 32.1. The maximum Gasteiger partial charge on any atom is 0.328 e. The van der Waals surface area contributed by atoms with Crippen molar-refractivity contribution >= 4 is 89.7 Å². The van der Waals surface area contributed by atoms with Crippen LogP contribution in [0.1, 0.15) is 61.8 Å². The first-order valence-corrected chi connectivity index (χ1v) is 22.1. The number of carbonyl (C=O) groups is 2. The van der Waals surface area contributed by atoms with Crippen molar-refractivity contribution in [2.45, 2.75) is 39.5 Å². The fraction of sp³-hybridized carbons (Fsp3) is 0.132. The third-order valence-corrected chi connectivity index (χ3v) is 13.0. The van der Waals surface area contributed by atoms with Crippen LogP contribution in [-0.4, -0.2) is 39.4 Å². The van der Waals surface area contributed by atoms with Gasteiger partial charge in [0, 0.05) is 50.7 Å². The molecule has 0 atom stereocenters. The average molecular weight is 873 g/mol. The van der Waals surface area contributed by atoms with Crippen LogP contribution in [-0.2, 0) is 9.59 Å². The summed E-state index contributed by atoms with van der Waals surface area (Å²) >= 11 is 3.34. The molecule has 2 aromatic heterocycles. The third kappa shape index (κ3) is 10.2. The molecule has 8 rings (SSSR count). The summed E-state index contributed by atoms with van der Waals surface area (Å²) in [5.41, 5.74) is 10.6. The van der Waals surface area contributed by atoms with E-state index in [0.29, 0.717) is 11.8 Å². The van der Waals surface area contributed by atoms with Gasteiger partial charge in [0.1, 0.15) is 11.5 Å². The first-order chi connectivity index (χ1) is 30.3. The number of carboxylic acid groups (broad SMARTS) is 2. The second kappa shape index (κ2) is 19.3. The summed E-state index contributed by atoms with van der Waals surface area (Å²) in [6.07, 6.45) is 5.42. The number of aliphatic carboxylic acids is 2. The van der Waals surface area contributed by atoms with Crippen molar-refractivity contribution in [2.24, 2.45) is 0 Å². The van der Waals surface area contributed by atoms with Crippen molar-refractivity contribution in [3.63, 3.8) is 0 Å². The van der Waals surface area contributed by atoms with Gasteiger partial charge in [0.25, 0.3) is 0 Å². The number of phenolic OH excluding ortho intramolecular Hbond substituents is 2. The van der Waals surface area contributed by atoms with Gasteiger partial charge in [0.15, 0.2) is 0 Å². The second-order valence-corrected chi connectivity index (χ2v) is 17.8. The van der Waals surface area contributed by atoms with Crippen molar-refractivity contribution in [1.82, 2.24) is 0 Å². The van der Waals surface area contributed by atoms with Gasteiger partial charge in [-0.05, 0) is 118 Å². The SMILES string of the molecule is CC(C)c1ccccc1-c1sc2cc(O)ccc2c1N(C)c1ccc(/C=C/C(=O)O)cc1.CC(C)c1ccccc1-c1sc2cc(O)ccc2c1Nc1ccc(/C=C/C(=O)O)cc1. The Morgan fingerprint density at radius 2 is 1.05 bits per heavy atom. The lowest BCUT2D eigenvalue weighted by Gasteiger charge is -2.22. The predicted octanol–water partition coefficient (Wildman–Crippen LogP) is 14.5. The van der Waals surface area contributed by atoms with Gasteiger partial charge in [-0.15, -0.1) is 22.7 Å². The first kappa shape index (κ1) is 43.9. The third-order valence-electron chi connectivity index (χ3n) is 10.6. The highest BCUT2D eigenvalue weighted by Crippen LogP contribution is 2.49. The monoisotopic (exact) mass is 872 g/mol. The molecule has 8 nitrogen and oxygen atoms in total. The van der Waals surface area contributed by atoms with E-state index in [-0.39, 0.29) is 11.5 Å². The maximum atomic E-state index is 10.8. The first-order valence-electron chi connectivity index (χ1n) is 20.5. The standard InChI is InChI=1S/C27H25NO3S.C26H23NO3S/c1-17(2)21-6-4-5-7-22(21)27-26(23-14-13-20(29)16-24(23)32-27)28(3)19-11-8-18(9-12-19)10-15-25(30)31;1-16(2)20-5-3-4-6-21(20)26-25(22-13-12-19(28)15-23(22)31-26)27-18-10-7-17(8-11-18)9-14-24(29)30/h4-17,29H,1-3H3,(H,30,31);3-16,27-28H,1-2H3,(H,29,30)/b15-10+;14-9+. The van der Waals surface area contributed by atoms with Crippen LogP contribution in [0, 0.1) is 0 Å². The van der Waals surface area contributed by atoms with Gasteiger partial charge in [0.2, 0.25) is 0 Å². The quantitative estimate of drug-likeness (QED) is 0.0767. The van der Waals surface area contributed by atoms with E-state index in [2.05, 4.69) is 86.4 Å². The minimum absolute atomic E-state index is 0.249. The molecule has 0 amide bonds. The lowest BCUT2D eigenvalue weighted by Crippen LogP contribution is -2.10.